The van der Waals surface area contributed by atoms with E-state index in [0.29, 0.717) is 35.0 Å². The maximum Gasteiger partial charge on any atom is 0.283 e. The van der Waals surface area contributed by atoms with Gasteiger partial charge in [-0.3, -0.25) is 14.4 Å². The van der Waals surface area contributed by atoms with E-state index in [0.717, 1.165) is 4.90 Å². The van der Waals surface area contributed by atoms with E-state index in [1.54, 1.807) is 48.5 Å². The fraction of sp³-hybridized carbons (Fsp3) is 0.115. The minimum absolute atomic E-state index is 0.0470. The molecular formula is C26H20Cl2FN3O4. The van der Waals surface area contributed by atoms with Crippen LogP contribution >= 0.6 is 23.2 Å². The predicted molar refractivity (Wildman–Crippen MR) is 137 cm³/mol. The van der Waals surface area contributed by atoms with Crippen molar-refractivity contribution in [1.82, 2.24) is 0 Å². The normalized spacial score (nSPS) is 13.3. The number of anilines is 3. The minimum Gasteiger partial charge on any atom is -0.494 e. The predicted octanol–water partition coefficient (Wildman–Crippen LogP) is 5.49. The fourth-order valence-corrected chi connectivity index (χ4v) is 3.91. The van der Waals surface area contributed by atoms with Gasteiger partial charge in [-0.1, -0.05) is 35.3 Å². The summed E-state index contributed by atoms with van der Waals surface area (Å²) in [6, 6.07) is 17.2. The lowest BCUT2D eigenvalue weighted by Crippen LogP contribution is -2.32. The molecule has 3 aromatic carbocycles. The number of nitrogens with zero attached hydrogens (tertiary/aromatic N) is 1. The first-order chi connectivity index (χ1) is 17.3. The Morgan fingerprint density at radius 2 is 1.61 bits per heavy atom. The van der Waals surface area contributed by atoms with Crippen LogP contribution in [0.5, 0.6) is 5.75 Å². The molecule has 2 N–H and O–H groups in total. The third kappa shape index (κ3) is 5.50. The second kappa shape index (κ2) is 10.8. The van der Waals surface area contributed by atoms with Gasteiger partial charge >= 0.3 is 0 Å². The number of amides is 3. The van der Waals surface area contributed by atoms with E-state index in [1.807, 2.05) is 6.92 Å². The van der Waals surface area contributed by atoms with Crippen LogP contribution in [0.2, 0.25) is 5.02 Å². The molecule has 184 valence electrons. The average molecular weight is 528 g/mol. The zero-order chi connectivity index (χ0) is 25.8. The van der Waals surface area contributed by atoms with Gasteiger partial charge in [0.2, 0.25) is 5.91 Å². The number of carbonyl (C=O) groups excluding carboxylic acids is 3. The third-order valence-corrected chi connectivity index (χ3v) is 5.86. The van der Waals surface area contributed by atoms with Crippen molar-refractivity contribution in [3.05, 3.63) is 93.9 Å². The summed E-state index contributed by atoms with van der Waals surface area (Å²) < 4.78 is 18.7. The van der Waals surface area contributed by atoms with Crippen molar-refractivity contribution in [2.24, 2.45) is 0 Å². The SMILES string of the molecule is CCOc1ccc(N2C(=O)C(Cl)=C(Nc3ccc(CC(=O)Nc4ccc(F)c(Cl)c4)cc3)C2=O)cc1. The molecule has 1 heterocycles. The number of hydrogen-bond acceptors (Lipinski definition) is 5. The van der Waals surface area contributed by atoms with E-state index in [4.69, 9.17) is 27.9 Å². The Morgan fingerprint density at radius 1 is 0.944 bits per heavy atom. The first kappa shape index (κ1) is 25.2. The van der Waals surface area contributed by atoms with Crippen LogP contribution in [0, 0.1) is 5.82 Å². The van der Waals surface area contributed by atoms with Crippen molar-refractivity contribution >= 4 is 58.0 Å². The number of rotatable bonds is 8. The summed E-state index contributed by atoms with van der Waals surface area (Å²) in [5.74, 6) is -1.49. The lowest BCUT2D eigenvalue weighted by atomic mass is 10.1. The molecule has 0 bridgehead atoms. The molecule has 10 heteroatoms. The number of benzene rings is 3. The van der Waals surface area contributed by atoms with Gasteiger partial charge in [0, 0.05) is 11.4 Å². The molecule has 1 aliphatic rings. The molecule has 0 fully saturated rings. The second-order valence-corrected chi connectivity index (χ2v) is 8.52. The monoisotopic (exact) mass is 527 g/mol. The average Bonchev–Trinajstić information content (AvgIpc) is 3.06. The molecule has 0 spiro atoms. The highest BCUT2D eigenvalue weighted by Crippen LogP contribution is 2.31. The summed E-state index contributed by atoms with van der Waals surface area (Å²) in [6.07, 6.45) is 0.0572. The van der Waals surface area contributed by atoms with Crippen molar-refractivity contribution in [1.29, 1.82) is 0 Å². The number of carbonyl (C=O) groups is 3. The largest absolute Gasteiger partial charge is 0.494 e. The molecule has 4 rings (SSSR count). The van der Waals surface area contributed by atoms with Crippen molar-refractivity contribution in [2.75, 3.05) is 22.1 Å². The number of imide groups is 1. The summed E-state index contributed by atoms with van der Waals surface area (Å²) in [6.45, 7) is 2.35. The lowest BCUT2D eigenvalue weighted by Gasteiger charge is -2.15. The van der Waals surface area contributed by atoms with Gasteiger partial charge in [-0.15, -0.1) is 0 Å². The number of halogens is 3. The first-order valence-electron chi connectivity index (χ1n) is 10.9. The highest BCUT2D eigenvalue weighted by molar-refractivity contribution is 6.53. The smallest absolute Gasteiger partial charge is 0.283 e. The summed E-state index contributed by atoms with van der Waals surface area (Å²) in [4.78, 5) is 38.9. The zero-order valence-electron chi connectivity index (χ0n) is 19.0. The molecule has 0 aromatic heterocycles. The van der Waals surface area contributed by atoms with Gasteiger partial charge in [-0.25, -0.2) is 9.29 Å². The molecule has 1 aliphatic heterocycles. The molecule has 0 atom stereocenters. The Balaban J connectivity index is 1.40. The molecule has 0 unspecified atom stereocenters. The van der Waals surface area contributed by atoms with Gasteiger partial charge < -0.3 is 15.4 Å². The molecular weight excluding hydrogens is 508 g/mol. The van der Waals surface area contributed by atoms with E-state index in [2.05, 4.69) is 10.6 Å². The maximum absolute atomic E-state index is 13.3. The molecule has 36 heavy (non-hydrogen) atoms. The van der Waals surface area contributed by atoms with Crippen molar-refractivity contribution in [3.63, 3.8) is 0 Å². The zero-order valence-corrected chi connectivity index (χ0v) is 20.5. The molecule has 3 amide bonds. The highest BCUT2D eigenvalue weighted by atomic mass is 35.5. The second-order valence-electron chi connectivity index (χ2n) is 7.74. The van der Waals surface area contributed by atoms with Crippen LogP contribution in [0.25, 0.3) is 0 Å². The van der Waals surface area contributed by atoms with Crippen LogP contribution in [-0.4, -0.2) is 24.3 Å². The highest BCUT2D eigenvalue weighted by Gasteiger charge is 2.38. The van der Waals surface area contributed by atoms with E-state index in [-0.39, 0.29) is 28.1 Å². The quantitative estimate of drug-likeness (QED) is 0.378. The van der Waals surface area contributed by atoms with Gasteiger partial charge in [-0.2, -0.15) is 0 Å². The van der Waals surface area contributed by atoms with Gasteiger partial charge in [-0.05, 0) is 67.1 Å². The van der Waals surface area contributed by atoms with Crippen LogP contribution < -0.4 is 20.3 Å². The van der Waals surface area contributed by atoms with E-state index >= 15 is 0 Å². The topological polar surface area (TPSA) is 87.7 Å². The van der Waals surface area contributed by atoms with Crippen molar-refractivity contribution < 1.29 is 23.5 Å². The number of ether oxygens (including phenoxy) is 1. The number of hydrogen-bond donors (Lipinski definition) is 2. The lowest BCUT2D eigenvalue weighted by molar-refractivity contribution is -0.120. The molecule has 0 radical (unpaired) electrons. The summed E-state index contributed by atoms with van der Waals surface area (Å²) >= 11 is 11.9. The molecule has 0 saturated heterocycles. The Morgan fingerprint density at radius 3 is 2.25 bits per heavy atom. The molecule has 7 nitrogen and oxygen atoms in total. The standard InChI is InChI=1S/C26H20Cl2FN3O4/c1-2-36-19-10-8-18(9-11-19)32-25(34)23(28)24(26(32)35)31-16-5-3-15(4-6-16)13-22(33)30-17-7-12-21(29)20(27)14-17/h3-12,14,31H,2,13H2,1H3,(H,30,33). The molecule has 0 aliphatic carbocycles. The maximum atomic E-state index is 13.3. The van der Waals surface area contributed by atoms with Crippen molar-refractivity contribution in [2.45, 2.75) is 13.3 Å². The number of nitrogens with one attached hydrogen (secondary N) is 2. The first-order valence-corrected chi connectivity index (χ1v) is 11.6. The Hall–Kier alpha value is -3.88. The Bertz CT molecular complexity index is 1360. The van der Waals surface area contributed by atoms with Gasteiger partial charge in [0.1, 0.15) is 22.3 Å². The Labute approximate surface area is 216 Å². The van der Waals surface area contributed by atoms with Gasteiger partial charge in [0.15, 0.2) is 0 Å². The summed E-state index contributed by atoms with van der Waals surface area (Å²) in [5.41, 5.74) is 1.90. The third-order valence-electron chi connectivity index (χ3n) is 5.22. The van der Waals surface area contributed by atoms with Crippen LogP contribution in [0.4, 0.5) is 21.5 Å². The summed E-state index contributed by atoms with van der Waals surface area (Å²) in [5, 5.41) is 5.23. The summed E-state index contributed by atoms with van der Waals surface area (Å²) in [7, 11) is 0. The minimum atomic E-state index is -0.637. The van der Waals surface area contributed by atoms with Crippen molar-refractivity contribution in [3.8, 4) is 5.75 Å². The van der Waals surface area contributed by atoms with E-state index < -0.39 is 17.6 Å². The van der Waals surface area contributed by atoms with E-state index in [1.165, 1.54) is 18.2 Å². The fourth-order valence-electron chi connectivity index (χ4n) is 3.52. The van der Waals surface area contributed by atoms with Crippen LogP contribution in [0.15, 0.2) is 77.5 Å². The van der Waals surface area contributed by atoms with Crippen LogP contribution in [-0.2, 0) is 20.8 Å². The molecule has 3 aromatic rings. The van der Waals surface area contributed by atoms with Crippen LogP contribution in [0.1, 0.15) is 12.5 Å². The molecule has 0 saturated carbocycles. The van der Waals surface area contributed by atoms with Gasteiger partial charge in [0.05, 0.1) is 23.7 Å². The van der Waals surface area contributed by atoms with Gasteiger partial charge in [0.25, 0.3) is 11.8 Å². The Kier molecular flexibility index (Phi) is 7.57. The van der Waals surface area contributed by atoms with E-state index in [9.17, 15) is 18.8 Å². The van der Waals surface area contributed by atoms with Crippen LogP contribution in [0.3, 0.4) is 0 Å².